The van der Waals surface area contributed by atoms with E-state index >= 15 is 0 Å². The van der Waals surface area contributed by atoms with Crippen molar-refractivity contribution < 1.29 is 0 Å². The molecule has 3 unspecified atom stereocenters. The lowest BCUT2D eigenvalue weighted by atomic mass is 9.83. The van der Waals surface area contributed by atoms with Crippen molar-refractivity contribution in [1.29, 1.82) is 0 Å². The Labute approximate surface area is 148 Å². The molecular formula is C23H46. The molecule has 3 atom stereocenters. The molecule has 1 saturated carbocycles. The van der Waals surface area contributed by atoms with Crippen molar-refractivity contribution >= 4 is 0 Å². The van der Waals surface area contributed by atoms with E-state index in [0.717, 1.165) is 17.8 Å². The van der Waals surface area contributed by atoms with Crippen LogP contribution in [0.25, 0.3) is 0 Å². The van der Waals surface area contributed by atoms with Crippen molar-refractivity contribution in [2.24, 2.45) is 17.8 Å². The van der Waals surface area contributed by atoms with Crippen LogP contribution in [0.4, 0.5) is 0 Å². The highest BCUT2D eigenvalue weighted by Gasteiger charge is 2.15. The highest BCUT2D eigenvalue weighted by atomic mass is 14.2. The molecule has 0 heteroatoms. The summed E-state index contributed by atoms with van der Waals surface area (Å²) in [5.41, 5.74) is 0. The van der Waals surface area contributed by atoms with Crippen LogP contribution in [0.3, 0.4) is 0 Å². The minimum Gasteiger partial charge on any atom is -0.0625 e. The predicted octanol–water partition coefficient (Wildman–Crippen LogP) is 8.54. The van der Waals surface area contributed by atoms with Crippen LogP contribution in [0.5, 0.6) is 0 Å². The summed E-state index contributed by atoms with van der Waals surface area (Å²) in [7, 11) is 0. The molecule has 138 valence electrons. The molecule has 1 aliphatic rings. The van der Waals surface area contributed by atoms with E-state index in [1.54, 1.807) is 0 Å². The second-order valence-electron chi connectivity index (χ2n) is 8.82. The predicted molar refractivity (Wildman–Crippen MR) is 106 cm³/mol. The molecule has 23 heavy (non-hydrogen) atoms. The monoisotopic (exact) mass is 322 g/mol. The molecule has 1 rings (SSSR count). The molecular weight excluding hydrogens is 276 g/mol. The second kappa shape index (κ2) is 14.4. The summed E-state index contributed by atoms with van der Waals surface area (Å²) >= 11 is 0. The quantitative estimate of drug-likeness (QED) is 0.419. The summed E-state index contributed by atoms with van der Waals surface area (Å²) in [6, 6.07) is 0. The Balaban J connectivity index is 2.25. The molecule has 0 amide bonds. The van der Waals surface area contributed by atoms with Gasteiger partial charge >= 0.3 is 0 Å². The van der Waals surface area contributed by atoms with Crippen molar-refractivity contribution in [3.8, 4) is 0 Å². The summed E-state index contributed by atoms with van der Waals surface area (Å²) < 4.78 is 0. The summed E-state index contributed by atoms with van der Waals surface area (Å²) in [6.07, 6.45) is 25.2. The molecule has 0 bridgehead atoms. The maximum Gasteiger partial charge on any atom is -0.0414 e. The van der Waals surface area contributed by atoms with Gasteiger partial charge in [-0.25, -0.2) is 0 Å². The molecule has 0 aromatic carbocycles. The SMILES string of the molecule is CC1CCCCCCCCCCCCCCCCC(C)C(C)C1. The Kier molecular flexibility index (Phi) is 13.1. The zero-order valence-corrected chi connectivity index (χ0v) is 16.8. The van der Waals surface area contributed by atoms with Crippen LogP contribution in [0, 0.1) is 17.8 Å². The van der Waals surface area contributed by atoms with Crippen LogP contribution in [0.15, 0.2) is 0 Å². The molecule has 0 spiro atoms. The van der Waals surface area contributed by atoms with Gasteiger partial charge in [0.25, 0.3) is 0 Å². The molecule has 0 heterocycles. The fourth-order valence-electron chi connectivity index (χ4n) is 4.35. The smallest absolute Gasteiger partial charge is 0.0414 e. The molecule has 0 radical (unpaired) electrons. The van der Waals surface area contributed by atoms with Crippen molar-refractivity contribution in [1.82, 2.24) is 0 Å². The van der Waals surface area contributed by atoms with Crippen LogP contribution in [0.2, 0.25) is 0 Å². The lowest BCUT2D eigenvalue weighted by molar-refractivity contribution is 0.282. The van der Waals surface area contributed by atoms with Crippen molar-refractivity contribution in [3.63, 3.8) is 0 Å². The first-order chi connectivity index (χ1) is 11.2. The topological polar surface area (TPSA) is 0 Å². The normalized spacial score (nSPS) is 32.2. The Morgan fingerprint density at radius 2 is 0.739 bits per heavy atom. The average Bonchev–Trinajstić information content (AvgIpc) is 2.53. The van der Waals surface area contributed by atoms with Crippen LogP contribution in [0.1, 0.15) is 130 Å². The molecule has 0 nitrogen and oxygen atoms in total. The van der Waals surface area contributed by atoms with E-state index in [4.69, 9.17) is 0 Å². The van der Waals surface area contributed by atoms with E-state index in [9.17, 15) is 0 Å². The third-order valence-electron chi connectivity index (χ3n) is 6.35. The Bertz CT molecular complexity index is 244. The van der Waals surface area contributed by atoms with E-state index in [-0.39, 0.29) is 0 Å². The standard InChI is InChI=1S/C23H46/c1-21-18-16-14-12-10-8-6-4-5-7-9-11-13-15-17-19-22(2)23(3)20-21/h21-23H,4-20H2,1-3H3. The van der Waals surface area contributed by atoms with Gasteiger partial charge in [0.2, 0.25) is 0 Å². The fourth-order valence-corrected chi connectivity index (χ4v) is 4.35. The maximum atomic E-state index is 2.51. The summed E-state index contributed by atoms with van der Waals surface area (Å²) in [4.78, 5) is 0. The van der Waals surface area contributed by atoms with Crippen molar-refractivity contribution in [3.05, 3.63) is 0 Å². The first-order valence-corrected chi connectivity index (χ1v) is 11.2. The molecule has 1 aliphatic carbocycles. The maximum absolute atomic E-state index is 2.51. The van der Waals surface area contributed by atoms with Gasteiger partial charge in [-0.05, 0) is 24.2 Å². The molecule has 1 fully saturated rings. The van der Waals surface area contributed by atoms with Gasteiger partial charge < -0.3 is 0 Å². The van der Waals surface area contributed by atoms with E-state index in [1.165, 1.54) is 109 Å². The highest BCUT2D eigenvalue weighted by molar-refractivity contribution is 4.66. The molecule has 0 aliphatic heterocycles. The van der Waals surface area contributed by atoms with E-state index in [1.807, 2.05) is 0 Å². The Morgan fingerprint density at radius 3 is 1.17 bits per heavy atom. The summed E-state index contributed by atoms with van der Waals surface area (Å²) in [6.45, 7) is 7.51. The first-order valence-electron chi connectivity index (χ1n) is 11.2. The van der Waals surface area contributed by atoms with Gasteiger partial charge in [-0.1, -0.05) is 124 Å². The van der Waals surface area contributed by atoms with Crippen LogP contribution in [-0.2, 0) is 0 Å². The molecule has 0 N–H and O–H groups in total. The van der Waals surface area contributed by atoms with E-state index in [2.05, 4.69) is 20.8 Å². The number of hydrogen-bond donors (Lipinski definition) is 0. The van der Waals surface area contributed by atoms with E-state index < -0.39 is 0 Å². The largest absolute Gasteiger partial charge is 0.0625 e. The fraction of sp³-hybridized carbons (Fsp3) is 1.00. The summed E-state index contributed by atoms with van der Waals surface area (Å²) in [5, 5.41) is 0. The third-order valence-corrected chi connectivity index (χ3v) is 6.35. The van der Waals surface area contributed by atoms with Crippen LogP contribution in [-0.4, -0.2) is 0 Å². The van der Waals surface area contributed by atoms with Gasteiger partial charge in [0.1, 0.15) is 0 Å². The number of hydrogen-bond acceptors (Lipinski definition) is 0. The van der Waals surface area contributed by atoms with Crippen molar-refractivity contribution in [2.75, 3.05) is 0 Å². The van der Waals surface area contributed by atoms with Gasteiger partial charge in [-0.15, -0.1) is 0 Å². The van der Waals surface area contributed by atoms with Crippen molar-refractivity contribution in [2.45, 2.75) is 130 Å². The zero-order chi connectivity index (χ0) is 16.8. The van der Waals surface area contributed by atoms with Gasteiger partial charge in [0.15, 0.2) is 0 Å². The molecule has 0 saturated heterocycles. The zero-order valence-electron chi connectivity index (χ0n) is 16.8. The third kappa shape index (κ3) is 12.1. The Morgan fingerprint density at radius 1 is 0.391 bits per heavy atom. The lowest BCUT2D eigenvalue weighted by Crippen LogP contribution is -2.12. The van der Waals surface area contributed by atoms with Crippen LogP contribution < -0.4 is 0 Å². The Hall–Kier alpha value is 0. The highest BCUT2D eigenvalue weighted by Crippen LogP contribution is 2.27. The summed E-state index contributed by atoms with van der Waals surface area (Å²) in [5.74, 6) is 2.80. The first kappa shape index (κ1) is 21.0. The second-order valence-corrected chi connectivity index (χ2v) is 8.82. The van der Waals surface area contributed by atoms with Crippen LogP contribution >= 0.6 is 0 Å². The van der Waals surface area contributed by atoms with Gasteiger partial charge in [0.05, 0.1) is 0 Å². The minimum atomic E-state index is 0.926. The minimum absolute atomic E-state index is 0.926. The van der Waals surface area contributed by atoms with Gasteiger partial charge in [0, 0.05) is 0 Å². The average molecular weight is 323 g/mol. The van der Waals surface area contributed by atoms with E-state index in [0.29, 0.717) is 0 Å². The lowest BCUT2D eigenvalue weighted by Gasteiger charge is -2.23. The molecule has 0 aromatic heterocycles. The number of rotatable bonds is 0. The molecule has 0 aromatic rings. The van der Waals surface area contributed by atoms with Gasteiger partial charge in [-0.3, -0.25) is 0 Å². The van der Waals surface area contributed by atoms with Gasteiger partial charge in [-0.2, -0.15) is 0 Å².